The highest BCUT2D eigenvalue weighted by Gasteiger charge is 2.15. The van der Waals surface area contributed by atoms with Gasteiger partial charge in [-0.2, -0.15) is 0 Å². The SMILES string of the molecule is CCOCC(C)NC(CC)c1ccccc1OC. The summed E-state index contributed by atoms with van der Waals surface area (Å²) < 4.78 is 10.9. The number of methoxy groups -OCH3 is 1. The van der Waals surface area contributed by atoms with E-state index in [9.17, 15) is 0 Å². The Balaban J connectivity index is 2.70. The monoisotopic (exact) mass is 251 g/mol. The van der Waals surface area contributed by atoms with E-state index in [0.29, 0.717) is 12.1 Å². The maximum atomic E-state index is 5.44. The third-order valence-electron chi connectivity index (χ3n) is 2.98. The summed E-state index contributed by atoms with van der Waals surface area (Å²) in [6.07, 6.45) is 1.02. The Hall–Kier alpha value is -1.06. The molecule has 0 aromatic heterocycles. The van der Waals surface area contributed by atoms with E-state index in [4.69, 9.17) is 9.47 Å². The Bertz CT molecular complexity index is 341. The summed E-state index contributed by atoms with van der Waals surface area (Å²) in [6, 6.07) is 8.81. The van der Waals surface area contributed by atoms with Crippen LogP contribution in [0.2, 0.25) is 0 Å². The summed E-state index contributed by atoms with van der Waals surface area (Å²) in [5, 5.41) is 3.59. The van der Waals surface area contributed by atoms with Gasteiger partial charge in [0, 0.05) is 24.3 Å². The lowest BCUT2D eigenvalue weighted by molar-refractivity contribution is 0.123. The minimum absolute atomic E-state index is 0.302. The predicted octanol–water partition coefficient (Wildman–Crippen LogP) is 3.16. The van der Waals surface area contributed by atoms with Gasteiger partial charge in [0.1, 0.15) is 5.75 Å². The number of ether oxygens (including phenoxy) is 2. The summed E-state index contributed by atoms with van der Waals surface area (Å²) in [5.74, 6) is 0.945. The fraction of sp³-hybridized carbons (Fsp3) is 0.600. The topological polar surface area (TPSA) is 30.5 Å². The highest BCUT2D eigenvalue weighted by molar-refractivity contribution is 5.35. The van der Waals surface area contributed by atoms with Gasteiger partial charge in [-0.05, 0) is 26.3 Å². The van der Waals surface area contributed by atoms with E-state index in [0.717, 1.165) is 25.4 Å². The van der Waals surface area contributed by atoms with Crippen molar-refractivity contribution in [2.45, 2.75) is 39.3 Å². The van der Waals surface area contributed by atoms with Gasteiger partial charge in [-0.3, -0.25) is 0 Å². The van der Waals surface area contributed by atoms with Crippen molar-refractivity contribution in [1.29, 1.82) is 0 Å². The first-order valence-electron chi connectivity index (χ1n) is 6.69. The van der Waals surface area contributed by atoms with E-state index in [2.05, 4.69) is 31.3 Å². The van der Waals surface area contributed by atoms with E-state index in [1.54, 1.807) is 7.11 Å². The van der Waals surface area contributed by atoms with Crippen molar-refractivity contribution in [3.05, 3.63) is 29.8 Å². The number of para-hydroxylation sites is 1. The lowest BCUT2D eigenvalue weighted by Crippen LogP contribution is -2.34. The van der Waals surface area contributed by atoms with Crippen LogP contribution in [-0.4, -0.2) is 26.4 Å². The average Bonchev–Trinajstić information content (AvgIpc) is 2.42. The van der Waals surface area contributed by atoms with Crippen molar-refractivity contribution in [1.82, 2.24) is 5.32 Å². The maximum absolute atomic E-state index is 5.44. The number of benzene rings is 1. The molecule has 2 atom stereocenters. The summed E-state index contributed by atoms with van der Waals surface area (Å²) in [4.78, 5) is 0. The van der Waals surface area contributed by atoms with Gasteiger partial charge in [-0.1, -0.05) is 25.1 Å². The van der Waals surface area contributed by atoms with Crippen LogP contribution in [0.15, 0.2) is 24.3 Å². The third kappa shape index (κ3) is 4.31. The van der Waals surface area contributed by atoms with E-state index in [1.165, 1.54) is 5.56 Å². The fourth-order valence-corrected chi connectivity index (χ4v) is 2.07. The molecule has 1 rings (SSSR count). The molecule has 0 aliphatic carbocycles. The van der Waals surface area contributed by atoms with Crippen molar-refractivity contribution in [2.75, 3.05) is 20.3 Å². The Morgan fingerprint density at radius 1 is 1.22 bits per heavy atom. The van der Waals surface area contributed by atoms with Crippen LogP contribution in [-0.2, 0) is 4.74 Å². The molecule has 0 saturated heterocycles. The molecule has 2 unspecified atom stereocenters. The van der Waals surface area contributed by atoms with Crippen molar-refractivity contribution >= 4 is 0 Å². The Morgan fingerprint density at radius 3 is 2.56 bits per heavy atom. The van der Waals surface area contributed by atoms with Crippen LogP contribution in [0, 0.1) is 0 Å². The first-order chi connectivity index (χ1) is 8.72. The maximum Gasteiger partial charge on any atom is 0.123 e. The first-order valence-corrected chi connectivity index (χ1v) is 6.69. The lowest BCUT2D eigenvalue weighted by atomic mass is 10.0. The molecule has 0 fully saturated rings. The highest BCUT2D eigenvalue weighted by atomic mass is 16.5. The van der Waals surface area contributed by atoms with Crippen molar-refractivity contribution in [3.8, 4) is 5.75 Å². The van der Waals surface area contributed by atoms with E-state index >= 15 is 0 Å². The second-order valence-corrected chi connectivity index (χ2v) is 4.43. The van der Waals surface area contributed by atoms with Gasteiger partial charge in [0.2, 0.25) is 0 Å². The average molecular weight is 251 g/mol. The normalized spacial score (nSPS) is 14.2. The van der Waals surface area contributed by atoms with Crippen LogP contribution in [0.4, 0.5) is 0 Å². The molecule has 0 radical (unpaired) electrons. The third-order valence-corrected chi connectivity index (χ3v) is 2.98. The van der Waals surface area contributed by atoms with Crippen LogP contribution in [0.25, 0.3) is 0 Å². The Labute approximate surface area is 110 Å². The van der Waals surface area contributed by atoms with Gasteiger partial charge in [0.25, 0.3) is 0 Å². The fourth-order valence-electron chi connectivity index (χ4n) is 2.07. The van der Waals surface area contributed by atoms with E-state index in [1.807, 2.05) is 19.1 Å². The highest BCUT2D eigenvalue weighted by Crippen LogP contribution is 2.27. The zero-order valence-corrected chi connectivity index (χ0v) is 11.9. The molecule has 3 heteroatoms. The van der Waals surface area contributed by atoms with Crippen molar-refractivity contribution < 1.29 is 9.47 Å². The van der Waals surface area contributed by atoms with Gasteiger partial charge in [-0.25, -0.2) is 0 Å². The van der Waals surface area contributed by atoms with Crippen LogP contribution < -0.4 is 10.1 Å². The number of rotatable bonds is 8. The van der Waals surface area contributed by atoms with Crippen LogP contribution in [0.5, 0.6) is 5.75 Å². The Kier molecular flexibility index (Phi) is 6.76. The molecule has 102 valence electrons. The zero-order valence-electron chi connectivity index (χ0n) is 11.9. The molecule has 18 heavy (non-hydrogen) atoms. The first kappa shape index (κ1) is 15.0. The minimum Gasteiger partial charge on any atom is -0.496 e. The number of nitrogens with one attached hydrogen (secondary N) is 1. The van der Waals surface area contributed by atoms with Gasteiger partial charge >= 0.3 is 0 Å². The summed E-state index contributed by atoms with van der Waals surface area (Å²) in [7, 11) is 1.72. The largest absolute Gasteiger partial charge is 0.496 e. The van der Waals surface area contributed by atoms with Gasteiger partial charge in [0.05, 0.1) is 13.7 Å². The molecule has 0 saturated carbocycles. The van der Waals surface area contributed by atoms with Crippen molar-refractivity contribution in [3.63, 3.8) is 0 Å². The Morgan fingerprint density at radius 2 is 1.94 bits per heavy atom. The van der Waals surface area contributed by atoms with Gasteiger partial charge < -0.3 is 14.8 Å². The van der Waals surface area contributed by atoms with E-state index in [-0.39, 0.29) is 0 Å². The van der Waals surface area contributed by atoms with Crippen molar-refractivity contribution in [2.24, 2.45) is 0 Å². The number of hydrogen-bond acceptors (Lipinski definition) is 3. The second-order valence-electron chi connectivity index (χ2n) is 4.43. The standard InChI is InChI=1S/C15H25NO2/c1-5-14(16-12(3)11-18-6-2)13-9-7-8-10-15(13)17-4/h7-10,12,14,16H,5-6,11H2,1-4H3. The molecule has 0 aliphatic heterocycles. The zero-order chi connectivity index (χ0) is 13.4. The molecular formula is C15H25NO2. The molecule has 1 aromatic carbocycles. The summed E-state index contributed by atoms with van der Waals surface area (Å²) in [5.41, 5.74) is 1.21. The molecule has 1 aromatic rings. The molecule has 0 spiro atoms. The van der Waals surface area contributed by atoms with Crippen LogP contribution in [0.1, 0.15) is 38.8 Å². The smallest absolute Gasteiger partial charge is 0.123 e. The molecule has 0 bridgehead atoms. The molecular weight excluding hydrogens is 226 g/mol. The quantitative estimate of drug-likeness (QED) is 0.770. The predicted molar refractivity (Wildman–Crippen MR) is 75.1 cm³/mol. The van der Waals surface area contributed by atoms with Gasteiger partial charge in [-0.15, -0.1) is 0 Å². The summed E-state index contributed by atoms with van der Waals surface area (Å²) >= 11 is 0. The molecule has 1 N–H and O–H groups in total. The molecule has 0 amide bonds. The lowest BCUT2D eigenvalue weighted by Gasteiger charge is -2.24. The molecule has 3 nitrogen and oxygen atoms in total. The molecule has 0 aliphatic rings. The van der Waals surface area contributed by atoms with Crippen LogP contribution >= 0.6 is 0 Å². The minimum atomic E-state index is 0.302. The van der Waals surface area contributed by atoms with Crippen LogP contribution in [0.3, 0.4) is 0 Å². The van der Waals surface area contributed by atoms with E-state index < -0.39 is 0 Å². The second kappa shape index (κ2) is 8.11. The number of hydrogen-bond donors (Lipinski definition) is 1. The summed E-state index contributed by atoms with van der Waals surface area (Å²) in [6.45, 7) is 7.84. The van der Waals surface area contributed by atoms with Gasteiger partial charge in [0.15, 0.2) is 0 Å². The molecule has 0 heterocycles.